The van der Waals surface area contributed by atoms with Crippen molar-refractivity contribution in [2.24, 2.45) is 5.92 Å². The summed E-state index contributed by atoms with van der Waals surface area (Å²) in [5.41, 5.74) is 2.01. The molecule has 4 rings (SSSR count). The molecule has 0 radical (unpaired) electrons. The van der Waals surface area contributed by atoms with E-state index in [-0.39, 0.29) is 18.4 Å². The fraction of sp³-hybridized carbons (Fsp3) is 0.318. The average Bonchev–Trinajstić information content (AvgIpc) is 3.38. The molecule has 1 aliphatic rings. The highest BCUT2D eigenvalue weighted by atomic mass is 19.1. The Balaban J connectivity index is 1.32. The third-order valence-electron chi connectivity index (χ3n) is 5.38. The van der Waals surface area contributed by atoms with Gasteiger partial charge in [-0.1, -0.05) is 12.8 Å². The molecule has 3 aromatic rings. The van der Waals surface area contributed by atoms with Gasteiger partial charge < -0.3 is 15.0 Å². The van der Waals surface area contributed by atoms with Crippen LogP contribution in [0.3, 0.4) is 0 Å². The minimum atomic E-state index is -0.413. The molecule has 0 atom stereocenters. The Morgan fingerprint density at radius 3 is 2.69 bits per heavy atom. The molecule has 2 N–H and O–H groups in total. The fourth-order valence-electron chi connectivity index (χ4n) is 3.78. The smallest absolute Gasteiger partial charge is 0.251 e. The Kier molecular flexibility index (Phi) is 5.55. The topological polar surface area (TPSA) is 75.5 Å². The van der Waals surface area contributed by atoms with E-state index in [1.54, 1.807) is 47.3 Å². The van der Waals surface area contributed by atoms with Crippen LogP contribution in [0.4, 0.5) is 10.1 Å². The molecule has 2 aromatic heterocycles. The van der Waals surface area contributed by atoms with Crippen molar-refractivity contribution in [3.05, 3.63) is 65.9 Å². The largest absolute Gasteiger partial charge is 0.348 e. The summed E-state index contributed by atoms with van der Waals surface area (Å²) in [7, 11) is 0. The first-order chi connectivity index (χ1) is 14.1. The van der Waals surface area contributed by atoms with E-state index in [1.165, 1.54) is 18.9 Å². The van der Waals surface area contributed by atoms with E-state index in [4.69, 9.17) is 0 Å². The van der Waals surface area contributed by atoms with Gasteiger partial charge in [0, 0.05) is 54.4 Å². The van der Waals surface area contributed by atoms with Crippen LogP contribution in [0, 0.1) is 11.7 Å². The Morgan fingerprint density at radius 1 is 1.17 bits per heavy atom. The quantitative estimate of drug-likeness (QED) is 0.665. The lowest BCUT2D eigenvalue weighted by molar-refractivity contribution is -0.117. The number of rotatable bonds is 6. The Hall–Kier alpha value is -3.22. The van der Waals surface area contributed by atoms with Gasteiger partial charge >= 0.3 is 0 Å². The molecule has 6 nitrogen and oxygen atoms in total. The molecule has 29 heavy (non-hydrogen) atoms. The van der Waals surface area contributed by atoms with Crippen molar-refractivity contribution >= 4 is 23.1 Å². The van der Waals surface area contributed by atoms with Gasteiger partial charge in [0.1, 0.15) is 11.5 Å². The zero-order chi connectivity index (χ0) is 20.2. The number of hydrogen-bond donors (Lipinski definition) is 2. The van der Waals surface area contributed by atoms with Gasteiger partial charge in [0.2, 0.25) is 5.91 Å². The minimum absolute atomic E-state index is 0.0134. The summed E-state index contributed by atoms with van der Waals surface area (Å²) < 4.78 is 15.8. The lowest BCUT2D eigenvalue weighted by atomic mass is 10.0. The zero-order valence-corrected chi connectivity index (χ0v) is 16.0. The molecule has 1 aliphatic carbocycles. The molecular formula is C22H23FN4O2. The van der Waals surface area contributed by atoms with Crippen molar-refractivity contribution in [2.45, 2.75) is 38.6 Å². The van der Waals surface area contributed by atoms with Gasteiger partial charge in [0.15, 0.2) is 0 Å². The molecule has 0 aliphatic heterocycles. The summed E-state index contributed by atoms with van der Waals surface area (Å²) in [5.74, 6) is -0.218. The van der Waals surface area contributed by atoms with Crippen LogP contribution in [0.1, 0.15) is 48.0 Å². The van der Waals surface area contributed by atoms with Crippen molar-refractivity contribution in [2.75, 3.05) is 5.32 Å². The summed E-state index contributed by atoms with van der Waals surface area (Å²) in [4.78, 5) is 28.5. The first kappa shape index (κ1) is 19.1. The van der Waals surface area contributed by atoms with Crippen molar-refractivity contribution in [1.29, 1.82) is 0 Å². The molecule has 1 fully saturated rings. The number of imidazole rings is 1. The van der Waals surface area contributed by atoms with Crippen molar-refractivity contribution in [1.82, 2.24) is 14.7 Å². The summed E-state index contributed by atoms with van der Waals surface area (Å²) in [5, 5.41) is 5.61. The minimum Gasteiger partial charge on any atom is -0.348 e. The van der Waals surface area contributed by atoms with Gasteiger partial charge in [0.25, 0.3) is 5.91 Å². The molecule has 150 valence electrons. The van der Waals surface area contributed by atoms with Gasteiger partial charge in [-0.25, -0.2) is 9.37 Å². The number of hydrogen-bond acceptors (Lipinski definition) is 3. The van der Waals surface area contributed by atoms with Crippen molar-refractivity contribution in [3.8, 4) is 0 Å². The van der Waals surface area contributed by atoms with E-state index in [9.17, 15) is 14.0 Å². The van der Waals surface area contributed by atoms with E-state index in [1.807, 2.05) is 0 Å². The number of nitrogens with one attached hydrogen (secondary N) is 2. The fourth-order valence-corrected chi connectivity index (χ4v) is 3.78. The molecule has 0 saturated heterocycles. The summed E-state index contributed by atoms with van der Waals surface area (Å²) in [6.45, 7) is 0.0681. The van der Waals surface area contributed by atoms with E-state index in [2.05, 4.69) is 15.6 Å². The predicted molar refractivity (Wildman–Crippen MR) is 108 cm³/mol. The zero-order valence-electron chi connectivity index (χ0n) is 16.0. The van der Waals surface area contributed by atoms with Gasteiger partial charge in [-0.05, 0) is 43.0 Å². The molecule has 1 saturated carbocycles. The highest BCUT2D eigenvalue weighted by Crippen LogP contribution is 2.27. The third-order valence-corrected chi connectivity index (χ3v) is 5.38. The number of halogens is 1. The summed E-state index contributed by atoms with van der Waals surface area (Å²) in [6, 6.07) is 8.05. The van der Waals surface area contributed by atoms with Crippen LogP contribution in [-0.4, -0.2) is 21.2 Å². The lowest BCUT2D eigenvalue weighted by Crippen LogP contribution is -2.23. The summed E-state index contributed by atoms with van der Waals surface area (Å²) >= 11 is 0. The molecule has 0 unspecified atom stereocenters. The molecule has 1 aromatic carbocycles. The number of carbonyl (C=O) groups is 2. The Morgan fingerprint density at radius 2 is 1.93 bits per heavy atom. The molecule has 7 heteroatoms. The predicted octanol–water partition coefficient (Wildman–Crippen LogP) is 3.92. The average molecular weight is 394 g/mol. The molecular weight excluding hydrogens is 371 g/mol. The van der Waals surface area contributed by atoms with Gasteiger partial charge in [-0.3, -0.25) is 9.59 Å². The highest BCUT2D eigenvalue weighted by Gasteiger charge is 2.18. The first-order valence-electron chi connectivity index (χ1n) is 9.88. The lowest BCUT2D eigenvalue weighted by Gasteiger charge is -2.10. The maximum absolute atomic E-state index is 14.1. The van der Waals surface area contributed by atoms with E-state index < -0.39 is 5.82 Å². The van der Waals surface area contributed by atoms with Crippen molar-refractivity contribution < 1.29 is 14.0 Å². The van der Waals surface area contributed by atoms with Gasteiger partial charge in [-0.15, -0.1) is 0 Å². The number of amides is 2. The van der Waals surface area contributed by atoms with Crippen LogP contribution in [-0.2, 0) is 11.3 Å². The molecule has 2 heterocycles. The Labute approximate surface area is 168 Å². The second-order valence-corrected chi connectivity index (χ2v) is 7.50. The SMILES string of the molecule is O=C(CC1CCCC1)Nc1ccc(C(=O)NCc2cn3ccnc3cc2F)cc1. The monoisotopic (exact) mass is 394 g/mol. The maximum atomic E-state index is 14.1. The van der Waals surface area contributed by atoms with Crippen LogP contribution in [0.5, 0.6) is 0 Å². The van der Waals surface area contributed by atoms with E-state index >= 15 is 0 Å². The van der Waals surface area contributed by atoms with Gasteiger partial charge in [-0.2, -0.15) is 0 Å². The van der Waals surface area contributed by atoms with E-state index in [0.29, 0.717) is 34.8 Å². The van der Waals surface area contributed by atoms with Gasteiger partial charge in [0.05, 0.1) is 0 Å². The van der Waals surface area contributed by atoms with Crippen LogP contribution in [0.15, 0.2) is 48.9 Å². The molecule has 2 amide bonds. The highest BCUT2D eigenvalue weighted by molar-refractivity contribution is 5.95. The number of nitrogens with zero attached hydrogens (tertiary/aromatic N) is 2. The van der Waals surface area contributed by atoms with Crippen LogP contribution < -0.4 is 10.6 Å². The number of aromatic nitrogens is 2. The van der Waals surface area contributed by atoms with E-state index in [0.717, 1.165) is 12.8 Å². The molecule has 0 bridgehead atoms. The van der Waals surface area contributed by atoms with Crippen LogP contribution >= 0.6 is 0 Å². The summed E-state index contributed by atoms with van der Waals surface area (Å²) in [6.07, 6.45) is 10.1. The van der Waals surface area contributed by atoms with Crippen LogP contribution in [0.25, 0.3) is 5.65 Å². The standard InChI is InChI=1S/C22H23FN4O2/c23-19-12-20-24-9-10-27(20)14-17(19)13-25-22(29)16-5-7-18(8-6-16)26-21(28)11-15-3-1-2-4-15/h5-10,12,14-15H,1-4,11,13H2,(H,25,29)(H,26,28). The second kappa shape index (κ2) is 8.43. The second-order valence-electron chi connectivity index (χ2n) is 7.50. The normalized spacial score (nSPS) is 14.2. The number of benzene rings is 1. The first-order valence-corrected chi connectivity index (χ1v) is 9.88. The number of fused-ring (bicyclic) bond motifs is 1. The maximum Gasteiger partial charge on any atom is 0.251 e. The van der Waals surface area contributed by atoms with Crippen molar-refractivity contribution in [3.63, 3.8) is 0 Å². The van der Waals surface area contributed by atoms with Crippen LogP contribution in [0.2, 0.25) is 0 Å². The Bertz CT molecular complexity index is 1020. The molecule has 0 spiro atoms. The number of carbonyl (C=O) groups excluding carboxylic acids is 2. The number of pyridine rings is 1. The number of anilines is 1. The third kappa shape index (κ3) is 4.62.